The molecule has 4 rings (SSSR count). The van der Waals surface area contributed by atoms with Crippen LogP contribution in [0.25, 0.3) is 0 Å². The SMILES string of the molecule is C[C@]12CC[C@@H]3c4ccc(O[Si](C)(C)C)cc4CC[C@H]3[C@]1(O)CC[C@@H]2O[Si](C)(C)C. The van der Waals surface area contributed by atoms with Gasteiger partial charge in [-0.3, -0.25) is 0 Å². The predicted molar refractivity (Wildman–Crippen MR) is 125 cm³/mol. The van der Waals surface area contributed by atoms with E-state index in [-0.39, 0.29) is 11.5 Å². The molecule has 0 bridgehead atoms. The molecule has 0 amide bonds. The first-order valence-electron chi connectivity index (χ1n) is 11.5. The summed E-state index contributed by atoms with van der Waals surface area (Å²) in [6.07, 6.45) is 6.48. The summed E-state index contributed by atoms with van der Waals surface area (Å²) < 4.78 is 12.9. The highest BCUT2D eigenvalue weighted by Crippen LogP contribution is 2.64. The summed E-state index contributed by atoms with van der Waals surface area (Å²) in [5, 5.41) is 12.1. The Balaban J connectivity index is 1.61. The molecule has 0 aromatic heterocycles. The molecule has 29 heavy (non-hydrogen) atoms. The van der Waals surface area contributed by atoms with Gasteiger partial charge >= 0.3 is 0 Å². The second-order valence-electron chi connectivity index (χ2n) is 12.0. The lowest BCUT2D eigenvalue weighted by atomic mass is 9.53. The van der Waals surface area contributed by atoms with Crippen molar-refractivity contribution < 1.29 is 14.0 Å². The Morgan fingerprint density at radius 3 is 2.34 bits per heavy atom. The molecule has 1 aromatic rings. The number of aliphatic hydroxyl groups is 1. The molecule has 162 valence electrons. The first-order valence-corrected chi connectivity index (χ1v) is 18.4. The van der Waals surface area contributed by atoms with Crippen LogP contribution in [-0.4, -0.2) is 33.4 Å². The Hall–Kier alpha value is -0.626. The summed E-state index contributed by atoms with van der Waals surface area (Å²) in [5.41, 5.74) is 2.22. The maximum Gasteiger partial charge on any atom is 0.242 e. The Morgan fingerprint density at radius 2 is 1.69 bits per heavy atom. The van der Waals surface area contributed by atoms with Gasteiger partial charge < -0.3 is 14.0 Å². The third-order valence-corrected chi connectivity index (χ3v) is 9.56. The fourth-order valence-electron chi connectivity index (χ4n) is 6.53. The van der Waals surface area contributed by atoms with Gasteiger partial charge in [0.1, 0.15) is 5.75 Å². The third-order valence-electron chi connectivity index (χ3n) is 7.72. The molecule has 0 heterocycles. The molecule has 5 heteroatoms. The van der Waals surface area contributed by atoms with Crippen molar-refractivity contribution in [2.45, 2.75) is 102 Å². The molecular weight excluding hydrogens is 392 g/mol. The van der Waals surface area contributed by atoms with Crippen LogP contribution in [0.5, 0.6) is 5.75 Å². The number of benzene rings is 1. The van der Waals surface area contributed by atoms with E-state index in [1.54, 1.807) is 0 Å². The molecule has 1 N–H and O–H groups in total. The number of fused-ring (bicyclic) bond motifs is 5. The predicted octanol–water partition coefficient (Wildman–Crippen LogP) is 6.09. The Labute approximate surface area is 179 Å². The van der Waals surface area contributed by atoms with Gasteiger partial charge in [0.2, 0.25) is 8.32 Å². The Bertz CT molecular complexity index is 781. The average Bonchev–Trinajstić information content (AvgIpc) is 2.83. The standard InChI is InChI=1S/C24H40O3Si2/c1-23-14-12-20-19-10-9-18(26-28(2,3)4)16-17(19)8-11-21(20)24(23,25)15-13-22(23)27-29(5,6)7/h9-10,16,20-22,25H,8,11-15H2,1-7H3/t20-,21-,22+,23-,24-/m1/s1. The number of aryl methyl sites for hydroxylation is 1. The third kappa shape index (κ3) is 3.77. The first kappa shape index (κ1) is 21.6. The summed E-state index contributed by atoms with van der Waals surface area (Å²) in [6.45, 7) is 15.8. The summed E-state index contributed by atoms with van der Waals surface area (Å²) >= 11 is 0. The van der Waals surface area contributed by atoms with E-state index in [1.165, 1.54) is 11.1 Å². The minimum Gasteiger partial charge on any atom is -0.544 e. The highest BCUT2D eigenvalue weighted by Gasteiger charge is 2.64. The highest BCUT2D eigenvalue weighted by molar-refractivity contribution is 6.70. The molecule has 2 saturated carbocycles. The van der Waals surface area contributed by atoms with Gasteiger partial charge in [-0.25, -0.2) is 0 Å². The van der Waals surface area contributed by atoms with E-state index >= 15 is 0 Å². The Kier molecular flexibility index (Phi) is 5.17. The minimum atomic E-state index is -1.63. The molecule has 5 atom stereocenters. The van der Waals surface area contributed by atoms with Crippen LogP contribution in [0.15, 0.2) is 18.2 Å². The van der Waals surface area contributed by atoms with Crippen molar-refractivity contribution in [2.75, 3.05) is 0 Å². The lowest BCUT2D eigenvalue weighted by Crippen LogP contribution is -2.58. The number of hydrogen-bond donors (Lipinski definition) is 1. The number of hydrogen-bond acceptors (Lipinski definition) is 3. The molecule has 1 aromatic carbocycles. The first-order chi connectivity index (χ1) is 13.3. The zero-order valence-corrected chi connectivity index (χ0v) is 21.5. The lowest BCUT2D eigenvalue weighted by molar-refractivity contribution is -0.160. The summed E-state index contributed by atoms with van der Waals surface area (Å²) in [4.78, 5) is 0. The molecule has 0 unspecified atom stereocenters. The van der Waals surface area contributed by atoms with Gasteiger partial charge in [-0.15, -0.1) is 0 Å². The maximum absolute atomic E-state index is 12.1. The van der Waals surface area contributed by atoms with Crippen LogP contribution in [-0.2, 0) is 10.8 Å². The lowest BCUT2D eigenvalue weighted by Gasteiger charge is -2.56. The van der Waals surface area contributed by atoms with Crippen molar-refractivity contribution in [3.05, 3.63) is 29.3 Å². The minimum absolute atomic E-state index is 0.104. The smallest absolute Gasteiger partial charge is 0.242 e. The topological polar surface area (TPSA) is 38.7 Å². The van der Waals surface area contributed by atoms with Crippen LogP contribution in [0.4, 0.5) is 0 Å². The van der Waals surface area contributed by atoms with Crippen molar-refractivity contribution in [3.8, 4) is 5.75 Å². The van der Waals surface area contributed by atoms with E-state index in [0.717, 1.165) is 44.3 Å². The Morgan fingerprint density at radius 1 is 0.966 bits per heavy atom. The van der Waals surface area contributed by atoms with Crippen LogP contribution in [0.1, 0.15) is 56.1 Å². The fourth-order valence-corrected chi connectivity index (χ4v) is 8.59. The molecule has 0 spiro atoms. The zero-order chi connectivity index (χ0) is 21.2. The summed E-state index contributed by atoms with van der Waals surface area (Å²) in [5.74, 6) is 1.86. The van der Waals surface area contributed by atoms with E-state index in [0.29, 0.717) is 11.8 Å². The quantitative estimate of drug-likeness (QED) is 0.585. The van der Waals surface area contributed by atoms with Crippen LogP contribution in [0.3, 0.4) is 0 Å². The van der Waals surface area contributed by atoms with E-state index in [9.17, 15) is 5.11 Å². The second-order valence-corrected chi connectivity index (χ2v) is 20.9. The van der Waals surface area contributed by atoms with Crippen LogP contribution in [0, 0.1) is 11.3 Å². The van der Waals surface area contributed by atoms with Crippen molar-refractivity contribution in [3.63, 3.8) is 0 Å². The van der Waals surface area contributed by atoms with E-state index in [4.69, 9.17) is 8.85 Å². The largest absolute Gasteiger partial charge is 0.544 e. The average molecular weight is 433 g/mol. The summed E-state index contributed by atoms with van der Waals surface area (Å²) in [6, 6.07) is 6.76. The van der Waals surface area contributed by atoms with Gasteiger partial charge in [-0.2, -0.15) is 0 Å². The van der Waals surface area contributed by atoms with Crippen molar-refractivity contribution in [1.82, 2.24) is 0 Å². The van der Waals surface area contributed by atoms with Crippen molar-refractivity contribution >= 4 is 16.6 Å². The fraction of sp³-hybridized carbons (Fsp3) is 0.750. The van der Waals surface area contributed by atoms with E-state index in [2.05, 4.69) is 64.4 Å². The molecule has 3 aliphatic rings. The normalized spacial score (nSPS) is 36.9. The number of rotatable bonds is 4. The van der Waals surface area contributed by atoms with Gasteiger partial charge in [0.05, 0.1) is 11.7 Å². The monoisotopic (exact) mass is 432 g/mol. The molecule has 3 nitrogen and oxygen atoms in total. The van der Waals surface area contributed by atoms with Crippen molar-refractivity contribution in [1.29, 1.82) is 0 Å². The molecule has 0 aliphatic heterocycles. The second kappa shape index (κ2) is 6.94. The van der Waals surface area contributed by atoms with Crippen molar-refractivity contribution in [2.24, 2.45) is 11.3 Å². The highest BCUT2D eigenvalue weighted by atomic mass is 28.4. The zero-order valence-electron chi connectivity index (χ0n) is 19.5. The van der Waals surface area contributed by atoms with Crippen LogP contribution < -0.4 is 4.43 Å². The van der Waals surface area contributed by atoms with E-state index in [1.807, 2.05) is 0 Å². The van der Waals surface area contributed by atoms with E-state index < -0.39 is 22.2 Å². The molecule has 3 aliphatic carbocycles. The molecular formula is C24H40O3Si2. The van der Waals surface area contributed by atoms with Crippen LogP contribution >= 0.6 is 0 Å². The van der Waals surface area contributed by atoms with Gasteiger partial charge in [0, 0.05) is 5.41 Å². The van der Waals surface area contributed by atoms with Gasteiger partial charge in [0.25, 0.3) is 0 Å². The molecule has 0 saturated heterocycles. The summed E-state index contributed by atoms with van der Waals surface area (Å²) in [7, 11) is -3.22. The van der Waals surface area contributed by atoms with Crippen LogP contribution in [0.2, 0.25) is 39.3 Å². The van der Waals surface area contributed by atoms with Gasteiger partial charge in [-0.1, -0.05) is 13.0 Å². The van der Waals surface area contributed by atoms with Gasteiger partial charge in [-0.05, 0) is 113 Å². The maximum atomic E-state index is 12.1. The molecule has 0 radical (unpaired) electrons. The molecule has 2 fully saturated rings. The van der Waals surface area contributed by atoms with Gasteiger partial charge in [0.15, 0.2) is 8.32 Å².